The third-order valence-corrected chi connectivity index (χ3v) is 3.82. The fourth-order valence-electron chi connectivity index (χ4n) is 2.41. The Hall–Kier alpha value is -2.08. The summed E-state index contributed by atoms with van der Waals surface area (Å²) in [7, 11) is 0. The molecule has 23 heavy (non-hydrogen) atoms. The van der Waals surface area contributed by atoms with Gasteiger partial charge < -0.3 is 19.9 Å². The first-order valence-electron chi connectivity index (χ1n) is 7.93. The third kappa shape index (κ3) is 4.45. The van der Waals surface area contributed by atoms with Crippen LogP contribution in [0, 0.1) is 0 Å². The van der Waals surface area contributed by atoms with Crippen molar-refractivity contribution in [3.8, 4) is 5.75 Å². The van der Waals surface area contributed by atoms with Crippen molar-refractivity contribution in [2.75, 3.05) is 13.2 Å². The van der Waals surface area contributed by atoms with E-state index >= 15 is 0 Å². The number of hydrogen-bond acceptors (Lipinski definition) is 4. The van der Waals surface area contributed by atoms with E-state index in [4.69, 9.17) is 9.47 Å². The van der Waals surface area contributed by atoms with Crippen LogP contribution < -0.4 is 10.1 Å². The van der Waals surface area contributed by atoms with Gasteiger partial charge in [0.05, 0.1) is 6.61 Å². The molecule has 0 fully saturated rings. The summed E-state index contributed by atoms with van der Waals surface area (Å²) in [6.45, 7) is 4.75. The molecule has 2 atom stereocenters. The molecule has 0 saturated carbocycles. The number of carboxylic acids is 1. The van der Waals surface area contributed by atoms with E-state index in [9.17, 15) is 14.7 Å². The minimum absolute atomic E-state index is 0.426. The zero-order valence-electron chi connectivity index (χ0n) is 13.5. The molecule has 2 rings (SSSR count). The van der Waals surface area contributed by atoms with Crippen LogP contribution in [0.1, 0.15) is 43.9 Å². The van der Waals surface area contributed by atoms with Crippen LogP contribution in [0.25, 0.3) is 0 Å². The summed E-state index contributed by atoms with van der Waals surface area (Å²) < 4.78 is 10.8. The van der Waals surface area contributed by atoms with Gasteiger partial charge in [0.15, 0.2) is 6.04 Å². The number of carbonyl (C=O) groups is 2. The fraction of sp³-hybridized carbons (Fsp3) is 0.529. The highest BCUT2D eigenvalue weighted by atomic mass is 16.5. The van der Waals surface area contributed by atoms with E-state index < -0.39 is 24.0 Å². The molecular formula is C17H23NO5. The zero-order valence-corrected chi connectivity index (χ0v) is 13.5. The Balaban J connectivity index is 2.04. The molecule has 0 radical (unpaired) electrons. The van der Waals surface area contributed by atoms with E-state index in [1.54, 1.807) is 25.1 Å². The van der Waals surface area contributed by atoms with Crippen molar-refractivity contribution in [3.05, 3.63) is 29.3 Å². The maximum atomic E-state index is 12.1. The lowest BCUT2D eigenvalue weighted by molar-refractivity contribution is -0.144. The summed E-state index contributed by atoms with van der Waals surface area (Å²) in [5.41, 5.74) is 1.51. The Bertz CT molecular complexity index is 572. The normalized spacial score (nSPS) is 15.4. The second-order valence-electron chi connectivity index (χ2n) is 5.61. The molecule has 1 aromatic carbocycles. The van der Waals surface area contributed by atoms with E-state index in [0.717, 1.165) is 30.6 Å². The highest BCUT2D eigenvalue weighted by Crippen LogP contribution is 2.28. The van der Waals surface area contributed by atoms with Crippen molar-refractivity contribution in [1.29, 1.82) is 0 Å². The fourth-order valence-corrected chi connectivity index (χ4v) is 2.41. The van der Waals surface area contributed by atoms with Crippen molar-refractivity contribution in [2.24, 2.45) is 0 Å². The Morgan fingerprint density at radius 3 is 2.91 bits per heavy atom. The molecule has 6 nitrogen and oxygen atoms in total. The average Bonchev–Trinajstić information content (AvgIpc) is 2.99. The zero-order chi connectivity index (χ0) is 16.8. The molecule has 0 spiro atoms. The van der Waals surface area contributed by atoms with E-state index in [2.05, 4.69) is 5.32 Å². The lowest BCUT2D eigenvalue weighted by Crippen LogP contribution is -2.40. The molecule has 1 amide bonds. The Labute approximate surface area is 135 Å². The number of nitrogens with one attached hydrogen (secondary N) is 1. The summed E-state index contributed by atoms with van der Waals surface area (Å²) in [4.78, 5) is 23.7. The molecule has 6 heteroatoms. The van der Waals surface area contributed by atoms with Gasteiger partial charge >= 0.3 is 5.97 Å². The van der Waals surface area contributed by atoms with Crippen LogP contribution in [-0.2, 0) is 20.7 Å². The number of benzene rings is 1. The number of unbranched alkanes of at least 4 members (excludes halogenated alkanes) is 1. The first-order chi connectivity index (χ1) is 11.0. The minimum Gasteiger partial charge on any atom is -0.493 e. The van der Waals surface area contributed by atoms with Gasteiger partial charge in [0, 0.05) is 13.0 Å². The molecule has 2 N–H and O–H groups in total. The van der Waals surface area contributed by atoms with Crippen LogP contribution in [0.2, 0.25) is 0 Å². The Morgan fingerprint density at radius 2 is 2.22 bits per heavy atom. The molecular weight excluding hydrogens is 298 g/mol. The molecule has 2 unspecified atom stereocenters. The van der Waals surface area contributed by atoms with Crippen molar-refractivity contribution in [3.63, 3.8) is 0 Å². The van der Waals surface area contributed by atoms with Crippen molar-refractivity contribution in [2.45, 2.75) is 45.3 Å². The maximum Gasteiger partial charge on any atom is 0.330 e. The standard InChI is InChI=1S/C17H23NO5/c1-3-4-8-22-11(2)16(19)18-15(17(20)21)13-5-6-14-12(10-13)7-9-23-14/h5-6,10-11,15H,3-4,7-9H2,1-2H3,(H,18,19)(H,20,21). The Morgan fingerprint density at radius 1 is 1.43 bits per heavy atom. The van der Waals surface area contributed by atoms with Crippen LogP contribution in [0.4, 0.5) is 0 Å². The van der Waals surface area contributed by atoms with Crippen LogP contribution in [0.15, 0.2) is 18.2 Å². The van der Waals surface area contributed by atoms with Gasteiger partial charge in [0.1, 0.15) is 11.9 Å². The largest absolute Gasteiger partial charge is 0.493 e. The summed E-state index contributed by atoms with van der Waals surface area (Å²) in [5.74, 6) is -0.747. The van der Waals surface area contributed by atoms with Gasteiger partial charge in [-0.25, -0.2) is 4.79 Å². The maximum absolute atomic E-state index is 12.1. The molecule has 0 aliphatic carbocycles. The number of carbonyl (C=O) groups excluding carboxylic acids is 1. The second kappa shape index (κ2) is 7.97. The van der Waals surface area contributed by atoms with Gasteiger partial charge in [-0.3, -0.25) is 4.79 Å². The summed E-state index contributed by atoms with van der Waals surface area (Å²) >= 11 is 0. The number of carboxylic acid groups (broad SMARTS) is 1. The first kappa shape index (κ1) is 17.3. The van der Waals surface area contributed by atoms with Gasteiger partial charge in [-0.1, -0.05) is 19.4 Å². The first-order valence-corrected chi connectivity index (χ1v) is 7.93. The molecule has 0 saturated heterocycles. The Kier molecular flexibility index (Phi) is 5.98. The average molecular weight is 321 g/mol. The number of hydrogen-bond donors (Lipinski definition) is 2. The lowest BCUT2D eigenvalue weighted by Gasteiger charge is -2.19. The highest BCUT2D eigenvalue weighted by Gasteiger charge is 2.26. The highest BCUT2D eigenvalue weighted by molar-refractivity contribution is 5.86. The molecule has 0 aromatic heterocycles. The predicted octanol–water partition coefficient (Wildman–Crippen LogP) is 2.07. The predicted molar refractivity (Wildman–Crippen MR) is 84.5 cm³/mol. The van der Waals surface area contributed by atoms with Crippen LogP contribution >= 0.6 is 0 Å². The van der Waals surface area contributed by atoms with Gasteiger partial charge in [-0.15, -0.1) is 0 Å². The van der Waals surface area contributed by atoms with E-state index in [1.807, 2.05) is 6.92 Å². The molecule has 1 aliphatic heterocycles. The van der Waals surface area contributed by atoms with Gasteiger partial charge in [0.2, 0.25) is 5.91 Å². The topological polar surface area (TPSA) is 84.9 Å². The number of fused-ring (bicyclic) bond motifs is 1. The molecule has 0 bridgehead atoms. The monoisotopic (exact) mass is 321 g/mol. The molecule has 1 aromatic rings. The summed E-state index contributed by atoms with van der Waals surface area (Å²) in [6.07, 6.45) is 1.91. The van der Waals surface area contributed by atoms with Crippen molar-refractivity contribution < 1.29 is 24.2 Å². The van der Waals surface area contributed by atoms with Crippen LogP contribution in [0.3, 0.4) is 0 Å². The summed E-state index contributed by atoms with van der Waals surface area (Å²) in [5, 5.41) is 12.0. The van der Waals surface area contributed by atoms with Gasteiger partial charge in [-0.05, 0) is 36.6 Å². The number of amides is 1. The van der Waals surface area contributed by atoms with Crippen molar-refractivity contribution in [1.82, 2.24) is 5.32 Å². The third-order valence-electron chi connectivity index (χ3n) is 3.82. The van der Waals surface area contributed by atoms with E-state index in [0.29, 0.717) is 18.8 Å². The van der Waals surface area contributed by atoms with Crippen molar-refractivity contribution >= 4 is 11.9 Å². The SMILES string of the molecule is CCCCOC(C)C(=O)NC(C(=O)O)c1ccc2c(c1)CCO2. The number of ether oxygens (including phenoxy) is 2. The molecule has 1 aliphatic rings. The summed E-state index contributed by atoms with van der Waals surface area (Å²) in [6, 6.07) is 4.11. The minimum atomic E-state index is -1.10. The van der Waals surface area contributed by atoms with Crippen LogP contribution in [-0.4, -0.2) is 36.3 Å². The van der Waals surface area contributed by atoms with Gasteiger partial charge in [0.25, 0.3) is 0 Å². The quantitative estimate of drug-likeness (QED) is 0.716. The lowest BCUT2D eigenvalue weighted by atomic mass is 10.0. The van der Waals surface area contributed by atoms with E-state index in [1.165, 1.54) is 0 Å². The number of rotatable bonds is 8. The van der Waals surface area contributed by atoms with Crippen LogP contribution in [0.5, 0.6) is 5.75 Å². The van der Waals surface area contributed by atoms with Gasteiger partial charge in [-0.2, -0.15) is 0 Å². The molecule has 126 valence electrons. The smallest absolute Gasteiger partial charge is 0.330 e. The second-order valence-corrected chi connectivity index (χ2v) is 5.61. The van der Waals surface area contributed by atoms with E-state index in [-0.39, 0.29) is 0 Å². The molecule has 1 heterocycles. The number of aliphatic carboxylic acids is 1.